The van der Waals surface area contributed by atoms with E-state index in [2.05, 4.69) is 11.9 Å². The first-order valence-corrected chi connectivity index (χ1v) is 6.21. The Bertz CT molecular complexity index is 259. The third-order valence-corrected chi connectivity index (χ3v) is 3.94. The van der Waals surface area contributed by atoms with Crippen molar-refractivity contribution in [1.82, 2.24) is 5.32 Å². The normalized spacial score (nSPS) is 12.0. The van der Waals surface area contributed by atoms with Gasteiger partial charge >= 0.3 is 0 Å². The molecule has 0 unspecified atom stereocenters. The van der Waals surface area contributed by atoms with E-state index in [0.29, 0.717) is 18.1 Å². The SMILES string of the molecule is C=C(Cl)CNCCS(=O)(=O)C(C)C. The average Bonchev–Trinajstić information content (AvgIpc) is 1.97. The number of rotatable bonds is 6. The van der Waals surface area contributed by atoms with Gasteiger partial charge in [0, 0.05) is 18.1 Å². The summed E-state index contributed by atoms with van der Waals surface area (Å²) >= 11 is 5.48. The number of nitrogens with one attached hydrogen (secondary N) is 1. The van der Waals surface area contributed by atoms with Crippen LogP contribution in [-0.4, -0.2) is 32.5 Å². The molecule has 0 atom stereocenters. The first-order valence-electron chi connectivity index (χ1n) is 4.12. The summed E-state index contributed by atoms with van der Waals surface area (Å²) in [6.45, 7) is 7.71. The van der Waals surface area contributed by atoms with E-state index in [4.69, 9.17) is 11.6 Å². The molecule has 13 heavy (non-hydrogen) atoms. The average molecular weight is 226 g/mol. The van der Waals surface area contributed by atoms with Gasteiger partial charge in [-0.2, -0.15) is 0 Å². The summed E-state index contributed by atoms with van der Waals surface area (Å²) < 4.78 is 22.6. The Labute approximate surface area is 85.1 Å². The third-order valence-electron chi connectivity index (χ3n) is 1.60. The highest BCUT2D eigenvalue weighted by Crippen LogP contribution is 1.99. The Hall–Kier alpha value is -0.0600. The monoisotopic (exact) mass is 225 g/mol. The maximum Gasteiger partial charge on any atom is 0.153 e. The van der Waals surface area contributed by atoms with Crippen molar-refractivity contribution in [3.8, 4) is 0 Å². The van der Waals surface area contributed by atoms with Crippen molar-refractivity contribution >= 4 is 21.4 Å². The molecule has 0 radical (unpaired) electrons. The molecule has 0 aromatic carbocycles. The minimum absolute atomic E-state index is 0.148. The van der Waals surface area contributed by atoms with Crippen molar-refractivity contribution in [3.63, 3.8) is 0 Å². The minimum Gasteiger partial charge on any atom is -0.311 e. The molecular weight excluding hydrogens is 210 g/mol. The van der Waals surface area contributed by atoms with Crippen LogP contribution in [0.4, 0.5) is 0 Å². The third kappa shape index (κ3) is 6.07. The van der Waals surface area contributed by atoms with Gasteiger partial charge in [-0.15, -0.1) is 0 Å². The molecule has 0 heterocycles. The number of hydrogen-bond donors (Lipinski definition) is 1. The number of hydrogen-bond acceptors (Lipinski definition) is 3. The van der Waals surface area contributed by atoms with Gasteiger partial charge in [-0.1, -0.05) is 18.2 Å². The lowest BCUT2D eigenvalue weighted by molar-refractivity contribution is 0.584. The number of halogens is 1. The Morgan fingerprint density at radius 2 is 2.08 bits per heavy atom. The van der Waals surface area contributed by atoms with Crippen molar-refractivity contribution in [1.29, 1.82) is 0 Å². The van der Waals surface area contributed by atoms with Crippen molar-refractivity contribution in [2.24, 2.45) is 0 Å². The molecule has 0 saturated carbocycles. The van der Waals surface area contributed by atoms with E-state index >= 15 is 0 Å². The predicted octanol–water partition coefficient (Wildman–Crippen LogP) is 1.15. The first kappa shape index (κ1) is 12.9. The highest BCUT2D eigenvalue weighted by molar-refractivity contribution is 7.92. The Morgan fingerprint density at radius 3 is 2.46 bits per heavy atom. The van der Waals surface area contributed by atoms with Crippen LogP contribution < -0.4 is 5.32 Å². The van der Waals surface area contributed by atoms with Crippen molar-refractivity contribution in [2.75, 3.05) is 18.8 Å². The lowest BCUT2D eigenvalue weighted by atomic mass is 10.6. The van der Waals surface area contributed by atoms with Gasteiger partial charge < -0.3 is 5.32 Å². The predicted molar refractivity (Wildman–Crippen MR) is 56.8 cm³/mol. The highest BCUT2D eigenvalue weighted by Gasteiger charge is 2.14. The molecule has 0 spiro atoms. The summed E-state index contributed by atoms with van der Waals surface area (Å²) in [6.07, 6.45) is 0. The molecule has 78 valence electrons. The smallest absolute Gasteiger partial charge is 0.153 e. The van der Waals surface area contributed by atoms with E-state index in [0.717, 1.165) is 0 Å². The summed E-state index contributed by atoms with van der Waals surface area (Å²) in [5.74, 6) is 0.148. The molecular formula is C8H16ClNO2S. The minimum atomic E-state index is -2.93. The van der Waals surface area contributed by atoms with Gasteiger partial charge in [0.25, 0.3) is 0 Å². The summed E-state index contributed by atoms with van der Waals surface area (Å²) in [5, 5.41) is 3.06. The quantitative estimate of drug-likeness (QED) is 0.690. The van der Waals surface area contributed by atoms with Gasteiger partial charge in [-0.3, -0.25) is 0 Å². The second kappa shape index (κ2) is 5.62. The topological polar surface area (TPSA) is 46.2 Å². The molecule has 1 N–H and O–H groups in total. The molecule has 5 heteroatoms. The standard InChI is InChI=1S/C8H16ClNO2S/c1-7(2)13(11,12)5-4-10-6-8(3)9/h7,10H,3-6H2,1-2H3. The van der Waals surface area contributed by atoms with Gasteiger partial charge in [0.05, 0.1) is 11.0 Å². The van der Waals surface area contributed by atoms with Crippen LogP contribution in [0, 0.1) is 0 Å². The largest absolute Gasteiger partial charge is 0.311 e. The molecule has 0 bridgehead atoms. The fourth-order valence-corrected chi connectivity index (χ4v) is 1.67. The maximum absolute atomic E-state index is 11.3. The molecule has 0 aliphatic heterocycles. The van der Waals surface area contributed by atoms with Crippen LogP contribution in [0.3, 0.4) is 0 Å². The Kier molecular flexibility index (Phi) is 5.60. The van der Waals surface area contributed by atoms with E-state index in [9.17, 15) is 8.42 Å². The van der Waals surface area contributed by atoms with Crippen molar-refractivity contribution in [2.45, 2.75) is 19.1 Å². The second-order valence-electron chi connectivity index (χ2n) is 3.11. The summed E-state index contributed by atoms with van der Waals surface area (Å²) in [5.41, 5.74) is 0. The molecule has 3 nitrogen and oxygen atoms in total. The molecule has 0 saturated heterocycles. The van der Waals surface area contributed by atoms with Crippen LogP contribution in [0.5, 0.6) is 0 Å². The summed E-state index contributed by atoms with van der Waals surface area (Å²) in [4.78, 5) is 0. The van der Waals surface area contributed by atoms with Crippen LogP contribution in [0.15, 0.2) is 11.6 Å². The Morgan fingerprint density at radius 1 is 1.54 bits per heavy atom. The van der Waals surface area contributed by atoms with E-state index in [-0.39, 0.29) is 11.0 Å². The fraction of sp³-hybridized carbons (Fsp3) is 0.750. The van der Waals surface area contributed by atoms with E-state index < -0.39 is 9.84 Å². The van der Waals surface area contributed by atoms with Crippen molar-refractivity contribution < 1.29 is 8.42 Å². The lowest BCUT2D eigenvalue weighted by Gasteiger charge is -2.07. The van der Waals surface area contributed by atoms with Gasteiger partial charge in [0.1, 0.15) is 0 Å². The van der Waals surface area contributed by atoms with Gasteiger partial charge in [-0.25, -0.2) is 8.42 Å². The molecule has 0 aliphatic rings. The molecule has 0 fully saturated rings. The molecule has 0 aromatic rings. The lowest BCUT2D eigenvalue weighted by Crippen LogP contribution is -2.27. The first-order chi connectivity index (χ1) is 5.86. The zero-order valence-electron chi connectivity index (χ0n) is 8.01. The maximum atomic E-state index is 11.3. The molecule has 0 amide bonds. The second-order valence-corrected chi connectivity index (χ2v) is 6.32. The van der Waals surface area contributed by atoms with E-state index in [1.54, 1.807) is 13.8 Å². The van der Waals surface area contributed by atoms with Gasteiger partial charge in [-0.05, 0) is 13.8 Å². The van der Waals surface area contributed by atoms with Gasteiger partial charge in [0.2, 0.25) is 0 Å². The zero-order chi connectivity index (χ0) is 10.5. The fourth-order valence-electron chi connectivity index (χ4n) is 0.674. The van der Waals surface area contributed by atoms with Crippen LogP contribution in [-0.2, 0) is 9.84 Å². The molecule has 0 rings (SSSR count). The summed E-state index contributed by atoms with van der Waals surface area (Å²) in [6, 6.07) is 0. The summed E-state index contributed by atoms with van der Waals surface area (Å²) in [7, 11) is -2.93. The number of sulfone groups is 1. The molecule has 0 aromatic heterocycles. The van der Waals surface area contributed by atoms with Crippen LogP contribution >= 0.6 is 11.6 Å². The van der Waals surface area contributed by atoms with E-state index in [1.807, 2.05) is 0 Å². The van der Waals surface area contributed by atoms with Crippen LogP contribution in [0.1, 0.15) is 13.8 Å². The van der Waals surface area contributed by atoms with Crippen LogP contribution in [0.25, 0.3) is 0 Å². The van der Waals surface area contributed by atoms with E-state index in [1.165, 1.54) is 0 Å². The van der Waals surface area contributed by atoms with Gasteiger partial charge in [0.15, 0.2) is 9.84 Å². The Balaban J connectivity index is 3.72. The highest BCUT2D eigenvalue weighted by atomic mass is 35.5. The zero-order valence-corrected chi connectivity index (χ0v) is 9.58. The van der Waals surface area contributed by atoms with Crippen molar-refractivity contribution in [3.05, 3.63) is 11.6 Å². The molecule has 0 aliphatic carbocycles. The van der Waals surface area contributed by atoms with Crippen LogP contribution in [0.2, 0.25) is 0 Å².